The first-order chi connectivity index (χ1) is 35.2. The summed E-state index contributed by atoms with van der Waals surface area (Å²) in [5.41, 5.74) is 15.8. The number of hydrogen-bond acceptors (Lipinski definition) is 4. The molecular weight excluding hydrogens is 998 g/mol. The molecule has 0 N–H and O–H groups in total. The van der Waals surface area contributed by atoms with Gasteiger partial charge in [-0.25, -0.2) is 0 Å². The van der Waals surface area contributed by atoms with Crippen molar-refractivity contribution >= 4 is 144 Å². The molecule has 0 unspecified atom stereocenters. The van der Waals surface area contributed by atoms with E-state index in [0.717, 1.165) is 82.8 Å². The third-order valence-corrected chi connectivity index (χ3v) is 31.0. The molecule has 0 amide bonds. The van der Waals surface area contributed by atoms with Gasteiger partial charge >= 0.3 is 426 Å². The standard InChI is InChI=1S/C66H48Ge2N2O2/c1-67(2)54-23-13-11-21-50(54)63-56(67)25-15-27-58(63)69(45-17-7-5-8-18-45)47-31-29-41-37-52-49-33-34-60-65(66(49)72-61(52)39-43(41)35-47)53-38-42-30-32-48(36-44(42)40-62(53)71-60)70(46-19-9-6-10-20-46)59-28-16-26-57-64(59)51-22-12-14-24-55(51)68(57,3)4/h5-40H,1-4H3. The van der Waals surface area contributed by atoms with E-state index in [1.54, 1.807) is 8.79 Å². The number of fused-ring (bicyclic) bond motifs is 15. The van der Waals surface area contributed by atoms with Gasteiger partial charge < -0.3 is 0 Å². The van der Waals surface area contributed by atoms with Crippen molar-refractivity contribution in [3.05, 3.63) is 218 Å². The first-order valence-corrected chi connectivity index (χ1v) is 37.7. The Balaban J connectivity index is 0.857. The molecule has 0 radical (unpaired) electrons. The molecule has 11 aromatic carbocycles. The third kappa shape index (κ3) is 6.00. The van der Waals surface area contributed by atoms with Gasteiger partial charge in [0.2, 0.25) is 0 Å². The second-order valence-electron chi connectivity index (χ2n) is 20.9. The Kier molecular flexibility index (Phi) is 8.95. The minimum absolute atomic E-state index is 0.819. The fourth-order valence-corrected chi connectivity index (χ4v) is 25.6. The Morgan fingerprint density at radius 2 is 0.792 bits per heavy atom. The Hall–Kier alpha value is -7.77. The van der Waals surface area contributed by atoms with Gasteiger partial charge in [0.25, 0.3) is 0 Å². The fraction of sp³-hybridized carbons (Fsp3) is 0.0606. The van der Waals surface area contributed by atoms with E-state index in [2.05, 4.69) is 251 Å². The van der Waals surface area contributed by atoms with Crippen LogP contribution < -0.4 is 27.4 Å². The number of hydrogen-bond donors (Lipinski definition) is 0. The van der Waals surface area contributed by atoms with Crippen LogP contribution in [0.25, 0.3) is 87.7 Å². The zero-order valence-electron chi connectivity index (χ0n) is 40.5. The van der Waals surface area contributed by atoms with Gasteiger partial charge in [0.15, 0.2) is 0 Å². The molecule has 2 aliphatic heterocycles. The van der Waals surface area contributed by atoms with Crippen LogP contribution in [0.2, 0.25) is 23.0 Å². The maximum absolute atomic E-state index is 7.00. The van der Waals surface area contributed by atoms with Crippen molar-refractivity contribution in [1.29, 1.82) is 0 Å². The SMILES string of the molecule is [CH3][Ge]1([CH3])[c]2ccccc2-c2c(N(c3ccccc3)c3ccc4cc5c(cc4c3)oc3c5ccc4oc5cc6cc(N(c7ccccc7)c7ccc[c]8c7-c7cccc[c]7[Ge]8([CH3])[CH3])ccc6cc5c43)ccc[c]21. The van der Waals surface area contributed by atoms with Crippen LogP contribution in [0.3, 0.4) is 0 Å². The molecule has 0 atom stereocenters. The minimum atomic E-state index is -2.51. The summed E-state index contributed by atoms with van der Waals surface area (Å²) in [6.07, 6.45) is 0. The van der Waals surface area contributed by atoms with E-state index in [9.17, 15) is 0 Å². The summed E-state index contributed by atoms with van der Waals surface area (Å²) in [7, 11) is 0. The Bertz CT molecular complexity index is 4420. The molecular formula is C66H48Ge2N2O2. The fourth-order valence-electron chi connectivity index (χ4n) is 12.7. The van der Waals surface area contributed by atoms with Crippen molar-refractivity contribution in [1.82, 2.24) is 0 Å². The predicted octanol–water partition coefficient (Wildman–Crippen LogP) is 16.3. The van der Waals surface area contributed by atoms with Crippen LogP contribution >= 0.6 is 0 Å². The van der Waals surface area contributed by atoms with Gasteiger partial charge in [0.05, 0.1) is 0 Å². The molecule has 2 aromatic heterocycles. The number of rotatable bonds is 6. The quantitative estimate of drug-likeness (QED) is 0.155. The van der Waals surface area contributed by atoms with E-state index >= 15 is 0 Å². The van der Waals surface area contributed by atoms with Crippen molar-refractivity contribution in [2.24, 2.45) is 0 Å². The molecule has 13 aromatic rings. The van der Waals surface area contributed by atoms with Crippen LogP contribution in [0.5, 0.6) is 0 Å². The van der Waals surface area contributed by atoms with Crippen LogP contribution in [-0.4, -0.2) is 26.5 Å². The molecule has 342 valence electrons. The average Bonchev–Trinajstić information content (AvgIpc) is 4.10. The van der Waals surface area contributed by atoms with Crippen molar-refractivity contribution in [3.63, 3.8) is 0 Å². The molecule has 15 rings (SSSR count). The molecule has 0 bridgehead atoms. The molecule has 4 heterocycles. The summed E-state index contributed by atoms with van der Waals surface area (Å²) in [5.74, 6) is 10.1. The van der Waals surface area contributed by atoms with Crippen molar-refractivity contribution in [2.45, 2.75) is 23.0 Å². The Morgan fingerprint density at radius 3 is 1.33 bits per heavy atom. The van der Waals surface area contributed by atoms with E-state index in [1.165, 1.54) is 47.8 Å². The second-order valence-corrected chi connectivity index (χ2v) is 39.0. The molecule has 6 heteroatoms. The van der Waals surface area contributed by atoms with Crippen molar-refractivity contribution < 1.29 is 8.83 Å². The monoisotopic (exact) mass is 1050 g/mol. The topological polar surface area (TPSA) is 32.8 Å². The van der Waals surface area contributed by atoms with E-state index in [-0.39, 0.29) is 0 Å². The molecule has 0 fully saturated rings. The van der Waals surface area contributed by atoms with Gasteiger partial charge in [0, 0.05) is 0 Å². The number of anilines is 6. The summed E-state index contributed by atoms with van der Waals surface area (Å²) in [6, 6.07) is 80.8. The summed E-state index contributed by atoms with van der Waals surface area (Å²) in [4.78, 5) is 4.89. The average molecular weight is 1050 g/mol. The third-order valence-electron chi connectivity index (χ3n) is 16.2. The normalized spacial score (nSPS) is 14.1. The summed E-state index contributed by atoms with van der Waals surface area (Å²) < 4.78 is 19.9. The predicted molar refractivity (Wildman–Crippen MR) is 310 cm³/mol. The maximum atomic E-state index is 7.00. The van der Waals surface area contributed by atoms with Crippen LogP contribution in [0.15, 0.2) is 227 Å². The van der Waals surface area contributed by atoms with E-state index in [4.69, 9.17) is 8.83 Å². The molecule has 0 saturated heterocycles. The van der Waals surface area contributed by atoms with E-state index in [1.807, 2.05) is 0 Å². The molecule has 2 aliphatic rings. The van der Waals surface area contributed by atoms with Crippen LogP contribution in [0, 0.1) is 0 Å². The molecule has 0 saturated carbocycles. The Morgan fingerprint density at radius 1 is 0.319 bits per heavy atom. The molecule has 0 aliphatic carbocycles. The van der Waals surface area contributed by atoms with Gasteiger partial charge in [-0.3, -0.25) is 0 Å². The number of nitrogens with zero attached hydrogens (tertiary/aromatic N) is 2. The van der Waals surface area contributed by atoms with Gasteiger partial charge in [-0.05, 0) is 0 Å². The van der Waals surface area contributed by atoms with Crippen LogP contribution in [0.1, 0.15) is 0 Å². The zero-order chi connectivity index (χ0) is 48.0. The number of para-hydroxylation sites is 2. The molecule has 72 heavy (non-hydrogen) atoms. The summed E-state index contributed by atoms with van der Waals surface area (Å²) in [6.45, 7) is 0. The van der Waals surface area contributed by atoms with Gasteiger partial charge in [-0.2, -0.15) is 0 Å². The van der Waals surface area contributed by atoms with E-state index < -0.39 is 26.5 Å². The van der Waals surface area contributed by atoms with Crippen LogP contribution in [-0.2, 0) is 0 Å². The van der Waals surface area contributed by atoms with Crippen LogP contribution in [0.4, 0.5) is 34.1 Å². The van der Waals surface area contributed by atoms with Gasteiger partial charge in [-0.1, -0.05) is 0 Å². The zero-order valence-corrected chi connectivity index (χ0v) is 44.7. The Labute approximate surface area is 423 Å². The van der Waals surface area contributed by atoms with Gasteiger partial charge in [0.1, 0.15) is 0 Å². The number of furan rings is 2. The van der Waals surface area contributed by atoms with Gasteiger partial charge in [-0.15, -0.1) is 0 Å². The summed E-state index contributed by atoms with van der Waals surface area (Å²) >= 11 is -5.02. The molecule has 4 nitrogen and oxygen atoms in total. The number of benzene rings is 11. The van der Waals surface area contributed by atoms with Crippen molar-refractivity contribution in [2.75, 3.05) is 9.80 Å². The first-order valence-electron chi connectivity index (χ1n) is 25.1. The van der Waals surface area contributed by atoms with Crippen molar-refractivity contribution in [3.8, 4) is 22.3 Å². The first kappa shape index (κ1) is 42.0. The second kappa shape index (κ2) is 15.4. The molecule has 0 spiro atoms. The summed E-state index contributed by atoms with van der Waals surface area (Å²) in [5, 5.41) is 8.81. The van der Waals surface area contributed by atoms with E-state index in [0.29, 0.717) is 0 Å².